The van der Waals surface area contributed by atoms with Crippen LogP contribution in [0.15, 0.2) is 30.3 Å². The molecule has 0 aliphatic heterocycles. The summed E-state index contributed by atoms with van der Waals surface area (Å²) >= 11 is 0. The lowest BCUT2D eigenvalue weighted by Gasteiger charge is -2.11. The van der Waals surface area contributed by atoms with Crippen molar-refractivity contribution in [2.24, 2.45) is 0 Å². The van der Waals surface area contributed by atoms with E-state index in [0.29, 0.717) is 11.6 Å². The molecule has 0 saturated heterocycles. The molecule has 1 aromatic heterocycles. The van der Waals surface area contributed by atoms with E-state index in [1.165, 1.54) is 11.6 Å². The fourth-order valence-corrected chi connectivity index (χ4v) is 1.95. The van der Waals surface area contributed by atoms with Gasteiger partial charge in [0.05, 0.1) is 0 Å². The third kappa shape index (κ3) is 3.78. The van der Waals surface area contributed by atoms with Crippen LogP contribution in [0.1, 0.15) is 36.8 Å². The summed E-state index contributed by atoms with van der Waals surface area (Å²) in [4.78, 5) is 19.7. The van der Waals surface area contributed by atoms with Crippen LogP contribution in [-0.4, -0.2) is 27.1 Å². The number of benzene rings is 1. The Labute approximate surface area is 124 Å². The number of nitrogens with one attached hydrogen (secondary N) is 1. The molecule has 5 nitrogen and oxygen atoms in total. The lowest BCUT2D eigenvalue weighted by Crippen LogP contribution is -2.13. The molecule has 110 valence electrons. The first-order valence-corrected chi connectivity index (χ1v) is 6.97. The van der Waals surface area contributed by atoms with Gasteiger partial charge in [-0.25, -0.2) is 14.8 Å². The Morgan fingerprint density at radius 2 is 1.90 bits per heavy atom. The highest BCUT2D eigenvalue weighted by Gasteiger charge is 2.12. The van der Waals surface area contributed by atoms with Gasteiger partial charge in [-0.2, -0.15) is 0 Å². The van der Waals surface area contributed by atoms with Gasteiger partial charge < -0.3 is 10.4 Å². The van der Waals surface area contributed by atoms with Crippen LogP contribution in [0.2, 0.25) is 0 Å². The molecule has 0 radical (unpaired) electrons. The van der Waals surface area contributed by atoms with Gasteiger partial charge in [0.15, 0.2) is 11.5 Å². The van der Waals surface area contributed by atoms with Crippen LogP contribution >= 0.6 is 0 Å². The molecule has 0 bridgehead atoms. The molecule has 5 heteroatoms. The Hall–Kier alpha value is -2.43. The van der Waals surface area contributed by atoms with Crippen molar-refractivity contribution < 1.29 is 9.90 Å². The predicted octanol–water partition coefficient (Wildman–Crippen LogP) is 3.22. The zero-order chi connectivity index (χ0) is 15.4. The van der Waals surface area contributed by atoms with Crippen LogP contribution in [0.4, 0.5) is 5.82 Å². The average molecular weight is 285 g/mol. The summed E-state index contributed by atoms with van der Waals surface area (Å²) in [5, 5.41) is 12.3. The summed E-state index contributed by atoms with van der Waals surface area (Å²) < 4.78 is 0. The smallest absolute Gasteiger partial charge is 0.354 e. The summed E-state index contributed by atoms with van der Waals surface area (Å²) in [6.45, 7) is 6.03. The van der Waals surface area contributed by atoms with Gasteiger partial charge >= 0.3 is 5.97 Å². The van der Waals surface area contributed by atoms with Crippen molar-refractivity contribution in [1.29, 1.82) is 0 Å². The van der Waals surface area contributed by atoms with Crippen molar-refractivity contribution in [1.82, 2.24) is 9.97 Å². The van der Waals surface area contributed by atoms with Crippen molar-refractivity contribution >= 4 is 11.8 Å². The quantitative estimate of drug-likeness (QED) is 0.882. The van der Waals surface area contributed by atoms with E-state index in [9.17, 15) is 9.90 Å². The summed E-state index contributed by atoms with van der Waals surface area (Å²) in [6, 6.07) is 9.45. The number of rotatable bonds is 5. The molecule has 2 aromatic rings. The van der Waals surface area contributed by atoms with Crippen molar-refractivity contribution in [3.8, 4) is 11.4 Å². The highest BCUT2D eigenvalue weighted by Crippen LogP contribution is 2.19. The largest absolute Gasteiger partial charge is 0.477 e. The molecule has 2 N–H and O–H groups in total. The first kappa shape index (κ1) is 15.0. The van der Waals surface area contributed by atoms with E-state index in [1.807, 2.05) is 38.1 Å². The van der Waals surface area contributed by atoms with E-state index < -0.39 is 5.97 Å². The van der Waals surface area contributed by atoms with Gasteiger partial charge in [0.1, 0.15) is 5.82 Å². The second-order valence-electron chi connectivity index (χ2n) is 5.12. The number of carbonyl (C=O) groups is 1. The molecule has 2 rings (SSSR count). The second-order valence-corrected chi connectivity index (χ2v) is 5.12. The molecule has 21 heavy (non-hydrogen) atoms. The number of aryl methyl sites for hydroxylation is 1. The number of aromatic nitrogens is 2. The average Bonchev–Trinajstić information content (AvgIpc) is 2.46. The maximum atomic E-state index is 11.2. The zero-order valence-corrected chi connectivity index (χ0v) is 12.4. The number of carboxylic acid groups (broad SMARTS) is 1. The molecule has 0 aliphatic rings. The highest BCUT2D eigenvalue weighted by atomic mass is 16.4. The van der Waals surface area contributed by atoms with E-state index in [1.54, 1.807) is 0 Å². The normalized spacial score (nSPS) is 10.7. The summed E-state index contributed by atoms with van der Waals surface area (Å²) in [5.74, 6) is -0.122. The van der Waals surface area contributed by atoms with Gasteiger partial charge in [-0.3, -0.25) is 0 Å². The van der Waals surface area contributed by atoms with Crippen molar-refractivity contribution in [3.05, 3.63) is 41.6 Å². The third-order valence-corrected chi connectivity index (χ3v) is 3.00. The van der Waals surface area contributed by atoms with Gasteiger partial charge in [0, 0.05) is 17.7 Å². The Morgan fingerprint density at radius 1 is 1.24 bits per heavy atom. The fourth-order valence-electron chi connectivity index (χ4n) is 1.95. The molecule has 0 amide bonds. The Kier molecular flexibility index (Phi) is 4.52. The minimum Gasteiger partial charge on any atom is -0.477 e. The number of aromatic carboxylic acids is 1. The number of carboxylic acids is 1. The maximum absolute atomic E-state index is 11.2. The molecule has 0 spiro atoms. The van der Waals surface area contributed by atoms with Crippen LogP contribution < -0.4 is 5.32 Å². The van der Waals surface area contributed by atoms with Crippen LogP contribution in [0, 0.1) is 0 Å². The van der Waals surface area contributed by atoms with Crippen LogP contribution in [0.5, 0.6) is 0 Å². The van der Waals surface area contributed by atoms with E-state index >= 15 is 0 Å². The number of anilines is 1. The molecule has 1 heterocycles. The van der Waals surface area contributed by atoms with Crippen molar-refractivity contribution in [3.63, 3.8) is 0 Å². The van der Waals surface area contributed by atoms with Crippen LogP contribution in [0.25, 0.3) is 11.4 Å². The Balaban J connectivity index is 2.45. The number of nitrogens with zero attached hydrogens (tertiary/aromatic N) is 2. The SMILES string of the molecule is CCc1ccc(-c2nc(NC(C)C)cc(C(=O)O)n2)cc1. The minimum atomic E-state index is -1.06. The topological polar surface area (TPSA) is 75.1 Å². The predicted molar refractivity (Wildman–Crippen MR) is 82.6 cm³/mol. The van der Waals surface area contributed by atoms with E-state index in [2.05, 4.69) is 22.2 Å². The summed E-state index contributed by atoms with van der Waals surface area (Å²) in [7, 11) is 0. The minimum absolute atomic E-state index is 0.0114. The van der Waals surface area contributed by atoms with Crippen LogP contribution in [-0.2, 0) is 6.42 Å². The molecule has 0 atom stereocenters. The van der Waals surface area contributed by atoms with Crippen molar-refractivity contribution in [2.75, 3.05) is 5.32 Å². The molecular weight excluding hydrogens is 266 g/mol. The van der Waals surface area contributed by atoms with Gasteiger partial charge in [-0.05, 0) is 25.8 Å². The fraction of sp³-hybridized carbons (Fsp3) is 0.312. The number of hydrogen-bond donors (Lipinski definition) is 2. The Morgan fingerprint density at radius 3 is 2.43 bits per heavy atom. The van der Waals surface area contributed by atoms with Gasteiger partial charge in [-0.15, -0.1) is 0 Å². The molecule has 0 unspecified atom stereocenters. The standard InChI is InChI=1S/C16H19N3O2/c1-4-11-5-7-12(8-6-11)15-18-13(16(20)21)9-14(19-15)17-10(2)3/h5-10H,4H2,1-3H3,(H,20,21)(H,17,18,19). The zero-order valence-electron chi connectivity index (χ0n) is 12.4. The lowest BCUT2D eigenvalue weighted by molar-refractivity contribution is 0.0690. The molecule has 0 aliphatic carbocycles. The van der Waals surface area contributed by atoms with Crippen molar-refractivity contribution in [2.45, 2.75) is 33.2 Å². The number of hydrogen-bond acceptors (Lipinski definition) is 4. The van der Waals surface area contributed by atoms with E-state index in [0.717, 1.165) is 12.0 Å². The summed E-state index contributed by atoms with van der Waals surface area (Å²) in [6.07, 6.45) is 0.955. The van der Waals surface area contributed by atoms with Gasteiger partial charge in [-0.1, -0.05) is 31.2 Å². The van der Waals surface area contributed by atoms with Gasteiger partial charge in [0.25, 0.3) is 0 Å². The lowest BCUT2D eigenvalue weighted by atomic mass is 10.1. The molecule has 0 fully saturated rings. The van der Waals surface area contributed by atoms with Gasteiger partial charge in [0.2, 0.25) is 0 Å². The molecule has 0 saturated carbocycles. The summed E-state index contributed by atoms with van der Waals surface area (Å²) in [5.41, 5.74) is 2.01. The monoisotopic (exact) mass is 285 g/mol. The van der Waals surface area contributed by atoms with Crippen LogP contribution in [0.3, 0.4) is 0 Å². The molecular formula is C16H19N3O2. The first-order valence-electron chi connectivity index (χ1n) is 6.97. The Bertz CT molecular complexity index is 636. The second kappa shape index (κ2) is 6.35. The highest BCUT2D eigenvalue weighted by molar-refractivity contribution is 5.87. The maximum Gasteiger partial charge on any atom is 0.354 e. The molecule has 1 aromatic carbocycles. The van der Waals surface area contributed by atoms with E-state index in [4.69, 9.17) is 0 Å². The first-order chi connectivity index (χ1) is 9.99. The third-order valence-electron chi connectivity index (χ3n) is 3.00. The van der Waals surface area contributed by atoms with E-state index in [-0.39, 0.29) is 11.7 Å².